The normalized spacial score (nSPS) is 17.7. The van der Waals surface area contributed by atoms with Crippen LogP contribution in [0, 0.1) is 13.8 Å². The fraction of sp³-hybridized carbons (Fsp3) is 0.593. The predicted molar refractivity (Wildman–Crippen MR) is 151 cm³/mol. The van der Waals surface area contributed by atoms with E-state index in [1.165, 1.54) is 14.6 Å². The van der Waals surface area contributed by atoms with Crippen LogP contribution in [0.25, 0.3) is 6.08 Å². The second-order valence-corrected chi connectivity index (χ2v) is 11.9. The summed E-state index contributed by atoms with van der Waals surface area (Å²) in [4.78, 5) is 30.3. The minimum atomic E-state index is -3.68. The Balaban J connectivity index is 1.58. The minimum absolute atomic E-state index is 0.126. The van der Waals surface area contributed by atoms with Gasteiger partial charge in [0.25, 0.3) is 5.91 Å². The van der Waals surface area contributed by atoms with Crippen LogP contribution >= 0.6 is 0 Å². The lowest BCUT2D eigenvalue weighted by atomic mass is 9.89. The third-order valence-electron chi connectivity index (χ3n) is 7.19. The maximum absolute atomic E-state index is 13.1. The van der Waals surface area contributed by atoms with Crippen molar-refractivity contribution in [2.45, 2.75) is 71.3 Å². The molecule has 3 rings (SSSR count). The number of urea groups is 1. The summed E-state index contributed by atoms with van der Waals surface area (Å²) >= 11 is 0. The highest BCUT2D eigenvalue weighted by atomic mass is 32.2. The number of ether oxygens (including phenoxy) is 1. The molecule has 0 saturated carbocycles. The molecule has 210 valence electrons. The molecule has 1 aromatic carbocycles. The summed E-state index contributed by atoms with van der Waals surface area (Å²) in [5, 5.41) is 4.14. The lowest BCUT2D eigenvalue weighted by Crippen LogP contribution is -2.50. The summed E-state index contributed by atoms with van der Waals surface area (Å²) in [6, 6.07) is 3.02. The largest absolute Gasteiger partial charge is 0.381 e. The van der Waals surface area contributed by atoms with Gasteiger partial charge in [0.15, 0.2) is 0 Å². The van der Waals surface area contributed by atoms with Gasteiger partial charge in [-0.25, -0.2) is 13.2 Å². The molecule has 1 saturated heterocycles. The van der Waals surface area contributed by atoms with Crippen molar-refractivity contribution in [2.75, 3.05) is 38.3 Å². The first-order valence-corrected chi connectivity index (χ1v) is 14.8. The number of nitrogens with two attached hydrogens (primary N) is 1. The van der Waals surface area contributed by atoms with Gasteiger partial charge in [-0.2, -0.15) is 4.31 Å². The Bertz CT molecular complexity index is 1160. The fourth-order valence-electron chi connectivity index (χ4n) is 4.85. The van der Waals surface area contributed by atoms with Crippen LogP contribution in [0.2, 0.25) is 0 Å². The second-order valence-electron chi connectivity index (χ2n) is 10.1. The SMILES string of the molecule is CCCOCCCCCC1=NC2(CCN(S(=O)(=O)C=Cc3c(C)cc(N(C)C(N)=O)cc3C)CC2)C(=O)N1. The van der Waals surface area contributed by atoms with Gasteiger partial charge < -0.3 is 15.8 Å². The molecule has 0 unspecified atom stereocenters. The van der Waals surface area contributed by atoms with E-state index < -0.39 is 21.6 Å². The number of nitrogens with zero attached hydrogens (tertiary/aromatic N) is 3. The Morgan fingerprint density at radius 2 is 1.84 bits per heavy atom. The number of rotatable bonds is 12. The highest BCUT2D eigenvalue weighted by Crippen LogP contribution is 2.32. The van der Waals surface area contributed by atoms with Gasteiger partial charge in [0, 0.05) is 50.9 Å². The van der Waals surface area contributed by atoms with Crippen molar-refractivity contribution in [3.8, 4) is 0 Å². The van der Waals surface area contributed by atoms with Crippen LogP contribution in [-0.4, -0.2) is 69.4 Å². The van der Waals surface area contributed by atoms with Crippen LogP contribution in [0.3, 0.4) is 0 Å². The summed E-state index contributed by atoms with van der Waals surface area (Å²) in [5.41, 5.74) is 7.56. The van der Waals surface area contributed by atoms with E-state index in [1.54, 1.807) is 25.3 Å². The number of benzene rings is 1. The highest BCUT2D eigenvalue weighted by molar-refractivity contribution is 7.92. The Labute approximate surface area is 226 Å². The first kappa shape index (κ1) is 29.8. The Morgan fingerprint density at radius 1 is 1.18 bits per heavy atom. The van der Waals surface area contributed by atoms with E-state index in [4.69, 9.17) is 15.5 Å². The summed E-state index contributed by atoms with van der Waals surface area (Å²) in [5.74, 6) is 0.579. The molecule has 0 bridgehead atoms. The van der Waals surface area contributed by atoms with Gasteiger partial charge in [0.05, 0.1) is 0 Å². The molecule has 0 atom stereocenters. The number of anilines is 1. The number of aliphatic imine (C=N–C) groups is 1. The van der Waals surface area contributed by atoms with Crippen LogP contribution in [0.4, 0.5) is 10.5 Å². The van der Waals surface area contributed by atoms with Gasteiger partial charge in [0.1, 0.15) is 11.4 Å². The number of nitrogens with one attached hydrogen (secondary N) is 1. The molecule has 0 radical (unpaired) electrons. The number of hydrogen-bond acceptors (Lipinski definition) is 6. The second kappa shape index (κ2) is 12.9. The van der Waals surface area contributed by atoms with Crippen molar-refractivity contribution in [1.82, 2.24) is 9.62 Å². The van der Waals surface area contributed by atoms with Gasteiger partial charge in [-0.15, -0.1) is 0 Å². The molecule has 2 aliphatic rings. The molecule has 1 spiro atoms. The van der Waals surface area contributed by atoms with E-state index in [9.17, 15) is 18.0 Å². The maximum Gasteiger partial charge on any atom is 0.318 e. The van der Waals surface area contributed by atoms with Gasteiger partial charge >= 0.3 is 6.03 Å². The number of amides is 3. The summed E-state index contributed by atoms with van der Waals surface area (Å²) in [6.45, 7) is 7.80. The van der Waals surface area contributed by atoms with Crippen LogP contribution in [0.1, 0.15) is 68.6 Å². The van der Waals surface area contributed by atoms with Crippen molar-refractivity contribution in [3.05, 3.63) is 34.2 Å². The van der Waals surface area contributed by atoms with E-state index in [2.05, 4.69) is 12.2 Å². The third-order valence-corrected chi connectivity index (χ3v) is 8.76. The average Bonchev–Trinajstić information content (AvgIpc) is 3.16. The van der Waals surface area contributed by atoms with E-state index >= 15 is 0 Å². The van der Waals surface area contributed by atoms with Crippen molar-refractivity contribution in [3.63, 3.8) is 0 Å². The number of carbonyl (C=O) groups is 2. The smallest absolute Gasteiger partial charge is 0.318 e. The molecule has 3 N–H and O–H groups in total. The zero-order valence-corrected chi connectivity index (χ0v) is 23.8. The third kappa shape index (κ3) is 7.21. The number of carbonyl (C=O) groups excluding carboxylic acids is 2. The number of unbranched alkanes of at least 4 members (excludes halogenated alkanes) is 2. The number of sulfonamides is 1. The lowest BCUT2D eigenvalue weighted by Gasteiger charge is -2.34. The number of amidine groups is 1. The van der Waals surface area contributed by atoms with Crippen LogP contribution < -0.4 is 16.0 Å². The quantitative estimate of drug-likeness (QED) is 0.387. The Kier molecular flexibility index (Phi) is 10.1. The molecular formula is C27H41N5O5S. The van der Waals surface area contributed by atoms with Crippen molar-refractivity contribution in [2.24, 2.45) is 10.7 Å². The van der Waals surface area contributed by atoms with Crippen LogP contribution in [0.15, 0.2) is 22.5 Å². The summed E-state index contributed by atoms with van der Waals surface area (Å²) in [6.07, 6.45) is 6.94. The van der Waals surface area contributed by atoms with Crippen LogP contribution in [-0.2, 0) is 19.6 Å². The molecule has 1 fully saturated rings. The maximum atomic E-state index is 13.1. The lowest BCUT2D eigenvalue weighted by molar-refractivity contribution is -0.124. The molecule has 38 heavy (non-hydrogen) atoms. The van der Waals surface area contributed by atoms with Crippen molar-refractivity contribution in [1.29, 1.82) is 0 Å². The van der Waals surface area contributed by atoms with Gasteiger partial charge in [-0.3, -0.25) is 14.7 Å². The number of piperidine rings is 1. The number of hydrogen-bond donors (Lipinski definition) is 2. The topological polar surface area (TPSA) is 134 Å². The zero-order valence-electron chi connectivity index (χ0n) is 23.0. The van der Waals surface area contributed by atoms with Gasteiger partial charge in [0.2, 0.25) is 10.0 Å². The number of primary amides is 1. The Hall–Kier alpha value is -2.76. The van der Waals surface area contributed by atoms with E-state index in [-0.39, 0.29) is 19.0 Å². The Morgan fingerprint density at radius 3 is 2.45 bits per heavy atom. The predicted octanol–water partition coefficient (Wildman–Crippen LogP) is 3.47. The zero-order chi connectivity index (χ0) is 27.9. The van der Waals surface area contributed by atoms with Crippen molar-refractivity contribution < 1.29 is 22.7 Å². The fourth-order valence-corrected chi connectivity index (χ4v) is 6.02. The molecule has 0 aliphatic carbocycles. The van der Waals surface area contributed by atoms with E-state index in [0.717, 1.165) is 55.6 Å². The highest BCUT2D eigenvalue weighted by Gasteiger charge is 2.46. The minimum Gasteiger partial charge on any atom is -0.381 e. The molecule has 3 amide bonds. The molecule has 10 nitrogen and oxygen atoms in total. The molecule has 0 aromatic heterocycles. The molecule has 11 heteroatoms. The first-order valence-electron chi connectivity index (χ1n) is 13.3. The standard InChI is InChI=1S/C27H41N5O5S/c1-5-15-37-16-8-6-7-9-24-29-25(33)27(30-24)11-13-32(14-12-27)38(35,36)17-10-23-20(2)18-22(19-21(23)3)31(4)26(28)34/h10,17-19H,5-9,11-16H2,1-4H3,(H2,28,34)(H,29,30,33). The van der Waals surface area contributed by atoms with Gasteiger partial charge in [-0.1, -0.05) is 13.3 Å². The summed E-state index contributed by atoms with van der Waals surface area (Å²) < 4.78 is 33.1. The molecule has 1 aromatic rings. The molecule has 2 heterocycles. The monoisotopic (exact) mass is 547 g/mol. The van der Waals surface area contributed by atoms with Crippen molar-refractivity contribution >= 4 is 39.6 Å². The molecular weight excluding hydrogens is 506 g/mol. The first-order chi connectivity index (χ1) is 18.0. The van der Waals surface area contributed by atoms with E-state index in [0.29, 0.717) is 30.8 Å². The summed E-state index contributed by atoms with van der Waals surface area (Å²) in [7, 11) is -2.10. The van der Waals surface area contributed by atoms with E-state index in [1.807, 2.05) is 13.8 Å². The van der Waals surface area contributed by atoms with Gasteiger partial charge in [-0.05, 0) is 80.9 Å². The molecule has 2 aliphatic heterocycles. The average molecular weight is 548 g/mol. The number of aryl methyl sites for hydroxylation is 2. The van der Waals surface area contributed by atoms with Crippen LogP contribution in [0.5, 0.6) is 0 Å².